The van der Waals surface area contributed by atoms with Crippen molar-refractivity contribution < 1.29 is 13.2 Å². The number of nitrogens with zero attached hydrogens (tertiary/aromatic N) is 4. The van der Waals surface area contributed by atoms with Gasteiger partial charge in [-0.2, -0.15) is 18.4 Å². The second kappa shape index (κ2) is 7.20. The first-order valence-electron chi connectivity index (χ1n) is 8.29. The quantitative estimate of drug-likeness (QED) is 0.902. The lowest BCUT2D eigenvalue weighted by Crippen LogP contribution is -2.42. The first kappa shape index (κ1) is 18.0. The van der Waals surface area contributed by atoms with E-state index in [0.717, 1.165) is 24.6 Å². The molecular formula is C18H18F3N5. The molecule has 1 aromatic carbocycles. The summed E-state index contributed by atoms with van der Waals surface area (Å²) >= 11 is 0. The third-order valence-corrected chi connectivity index (χ3v) is 4.38. The van der Waals surface area contributed by atoms with E-state index in [-0.39, 0.29) is 11.6 Å². The lowest BCUT2D eigenvalue weighted by Gasteiger charge is -2.35. The molecule has 0 radical (unpaired) electrons. The maximum Gasteiger partial charge on any atom is 0.417 e. The van der Waals surface area contributed by atoms with E-state index in [1.54, 1.807) is 12.1 Å². The van der Waals surface area contributed by atoms with Crippen molar-refractivity contribution in [2.24, 2.45) is 0 Å². The van der Waals surface area contributed by atoms with Gasteiger partial charge in [-0.25, -0.2) is 9.97 Å². The van der Waals surface area contributed by atoms with E-state index in [1.165, 1.54) is 12.4 Å². The Balaban J connectivity index is 1.83. The smallest absolute Gasteiger partial charge is 0.368 e. The van der Waals surface area contributed by atoms with Gasteiger partial charge in [-0.3, -0.25) is 0 Å². The van der Waals surface area contributed by atoms with Gasteiger partial charge in [0.15, 0.2) is 0 Å². The molecule has 26 heavy (non-hydrogen) atoms. The Labute approximate surface area is 149 Å². The van der Waals surface area contributed by atoms with Crippen LogP contribution in [0.25, 0.3) is 0 Å². The van der Waals surface area contributed by atoms with E-state index in [2.05, 4.69) is 15.3 Å². The van der Waals surface area contributed by atoms with Crippen LogP contribution >= 0.6 is 0 Å². The maximum absolute atomic E-state index is 13.2. The highest BCUT2D eigenvalue weighted by atomic mass is 19.4. The molecule has 3 rings (SSSR count). The molecule has 2 aromatic rings. The van der Waals surface area contributed by atoms with E-state index in [0.29, 0.717) is 24.6 Å². The third kappa shape index (κ3) is 3.87. The average Bonchev–Trinajstić information content (AvgIpc) is 2.60. The maximum atomic E-state index is 13.2. The van der Waals surface area contributed by atoms with Gasteiger partial charge in [-0.15, -0.1) is 0 Å². The Kier molecular flexibility index (Phi) is 4.98. The summed E-state index contributed by atoms with van der Waals surface area (Å²) in [6.07, 6.45) is -1.39. The average molecular weight is 361 g/mol. The molecular weight excluding hydrogens is 343 g/mol. The van der Waals surface area contributed by atoms with Crippen LogP contribution in [0.3, 0.4) is 0 Å². The number of aryl methyl sites for hydroxylation is 1. The van der Waals surface area contributed by atoms with Gasteiger partial charge in [-0.1, -0.05) is 6.07 Å². The third-order valence-electron chi connectivity index (χ3n) is 4.38. The summed E-state index contributed by atoms with van der Waals surface area (Å²) in [7, 11) is 0. The number of piperidine rings is 1. The Morgan fingerprint density at radius 1 is 1.31 bits per heavy atom. The lowest BCUT2D eigenvalue weighted by molar-refractivity contribution is -0.137. The molecule has 0 aliphatic carbocycles. The Morgan fingerprint density at radius 2 is 2.12 bits per heavy atom. The van der Waals surface area contributed by atoms with Crippen molar-refractivity contribution in [2.45, 2.75) is 32.0 Å². The standard InChI is InChI=1S/C18H18F3N5/c1-12-8-17(24-11-23-12)25-13-4-3-7-26(10-13)16-6-2-5-15(14(16)9-22)18(19,20)21/h2,5-6,8,11,13H,3-4,7,10H2,1H3,(H,23,24,25). The number of aromatic nitrogens is 2. The molecule has 136 valence electrons. The van der Waals surface area contributed by atoms with Crippen LogP contribution in [0.4, 0.5) is 24.7 Å². The van der Waals surface area contributed by atoms with Gasteiger partial charge in [-0.05, 0) is 31.9 Å². The van der Waals surface area contributed by atoms with Crippen LogP contribution in [-0.2, 0) is 6.18 Å². The molecule has 1 aliphatic heterocycles. The van der Waals surface area contributed by atoms with Crippen LogP contribution in [0, 0.1) is 18.3 Å². The van der Waals surface area contributed by atoms with Crippen LogP contribution in [-0.4, -0.2) is 29.1 Å². The fraction of sp³-hybridized carbons (Fsp3) is 0.389. The molecule has 1 saturated heterocycles. The summed E-state index contributed by atoms with van der Waals surface area (Å²) in [5.74, 6) is 0.689. The highest BCUT2D eigenvalue weighted by Gasteiger charge is 2.35. The number of hydrogen-bond acceptors (Lipinski definition) is 5. The minimum Gasteiger partial charge on any atom is -0.368 e. The fourth-order valence-corrected chi connectivity index (χ4v) is 3.21. The molecule has 0 saturated carbocycles. The number of nitriles is 1. The molecule has 1 aromatic heterocycles. The molecule has 5 nitrogen and oxygen atoms in total. The first-order chi connectivity index (χ1) is 12.4. The second-order valence-corrected chi connectivity index (χ2v) is 6.28. The first-order valence-corrected chi connectivity index (χ1v) is 8.29. The minimum absolute atomic E-state index is 0.0270. The molecule has 1 fully saturated rings. The SMILES string of the molecule is Cc1cc(NC2CCCN(c3cccc(C(F)(F)F)c3C#N)C2)ncn1. The number of halogens is 3. The van der Waals surface area contributed by atoms with E-state index < -0.39 is 11.7 Å². The summed E-state index contributed by atoms with van der Waals surface area (Å²) in [6, 6.07) is 7.46. The summed E-state index contributed by atoms with van der Waals surface area (Å²) in [6.45, 7) is 2.97. The molecule has 2 heterocycles. The second-order valence-electron chi connectivity index (χ2n) is 6.28. The minimum atomic E-state index is -4.55. The monoisotopic (exact) mass is 361 g/mol. The van der Waals surface area contributed by atoms with Crippen LogP contribution in [0.15, 0.2) is 30.6 Å². The Bertz CT molecular complexity index is 828. The van der Waals surface area contributed by atoms with Crippen LogP contribution in [0.5, 0.6) is 0 Å². The van der Waals surface area contributed by atoms with Gasteiger partial charge in [0.1, 0.15) is 18.2 Å². The van der Waals surface area contributed by atoms with Crippen molar-refractivity contribution in [2.75, 3.05) is 23.3 Å². The van der Waals surface area contributed by atoms with Gasteiger partial charge in [0.25, 0.3) is 0 Å². The Hall–Kier alpha value is -2.82. The van der Waals surface area contributed by atoms with Gasteiger partial charge in [0.2, 0.25) is 0 Å². The topological polar surface area (TPSA) is 64.8 Å². The zero-order chi connectivity index (χ0) is 18.7. The van der Waals surface area contributed by atoms with Crippen molar-refractivity contribution in [3.05, 3.63) is 47.4 Å². The van der Waals surface area contributed by atoms with E-state index in [9.17, 15) is 18.4 Å². The van der Waals surface area contributed by atoms with Crippen molar-refractivity contribution in [3.63, 3.8) is 0 Å². The van der Waals surface area contributed by atoms with E-state index in [1.807, 2.05) is 17.9 Å². The summed E-state index contributed by atoms with van der Waals surface area (Å²) in [5, 5.41) is 12.6. The van der Waals surface area contributed by atoms with Crippen molar-refractivity contribution in [1.82, 2.24) is 9.97 Å². The number of anilines is 2. The lowest BCUT2D eigenvalue weighted by atomic mass is 10.0. The van der Waals surface area contributed by atoms with Crippen LogP contribution in [0.1, 0.15) is 29.7 Å². The largest absolute Gasteiger partial charge is 0.417 e. The highest BCUT2D eigenvalue weighted by Crippen LogP contribution is 2.36. The predicted octanol–water partition coefficient (Wildman–Crippen LogP) is 3.76. The van der Waals surface area contributed by atoms with Crippen molar-refractivity contribution in [1.29, 1.82) is 5.26 Å². The van der Waals surface area contributed by atoms with Crippen molar-refractivity contribution >= 4 is 11.5 Å². The predicted molar refractivity (Wildman–Crippen MR) is 91.8 cm³/mol. The molecule has 0 bridgehead atoms. The summed E-state index contributed by atoms with van der Waals surface area (Å²) < 4.78 is 39.6. The van der Waals surface area contributed by atoms with E-state index >= 15 is 0 Å². The van der Waals surface area contributed by atoms with Crippen molar-refractivity contribution in [3.8, 4) is 6.07 Å². The summed E-state index contributed by atoms with van der Waals surface area (Å²) in [5.41, 5.74) is -0.0509. The Morgan fingerprint density at radius 3 is 2.81 bits per heavy atom. The molecule has 0 spiro atoms. The molecule has 1 atom stereocenters. The van der Waals surface area contributed by atoms with Gasteiger partial charge < -0.3 is 10.2 Å². The van der Waals surface area contributed by atoms with E-state index in [4.69, 9.17) is 0 Å². The van der Waals surface area contributed by atoms with Gasteiger partial charge in [0.05, 0.1) is 16.8 Å². The number of hydrogen-bond donors (Lipinski definition) is 1. The zero-order valence-electron chi connectivity index (χ0n) is 14.2. The summed E-state index contributed by atoms with van der Waals surface area (Å²) in [4.78, 5) is 10.1. The van der Waals surface area contributed by atoms with Crippen LogP contribution < -0.4 is 10.2 Å². The number of rotatable bonds is 3. The molecule has 8 heteroatoms. The van der Waals surface area contributed by atoms with Gasteiger partial charge >= 0.3 is 6.18 Å². The molecule has 1 N–H and O–H groups in total. The zero-order valence-corrected chi connectivity index (χ0v) is 14.2. The molecule has 1 aliphatic rings. The molecule has 0 amide bonds. The molecule has 1 unspecified atom stereocenters. The fourth-order valence-electron chi connectivity index (χ4n) is 3.21. The van der Waals surface area contributed by atoms with Gasteiger partial charge in [0, 0.05) is 30.9 Å². The normalized spacial score (nSPS) is 17.7. The highest BCUT2D eigenvalue weighted by molar-refractivity contribution is 5.63. The number of alkyl halides is 3. The van der Waals surface area contributed by atoms with Crippen LogP contribution in [0.2, 0.25) is 0 Å². The number of nitrogens with one attached hydrogen (secondary N) is 1. The number of benzene rings is 1.